The van der Waals surface area contributed by atoms with Crippen LogP contribution in [0.2, 0.25) is 0 Å². The molecule has 172 valence electrons. The van der Waals surface area contributed by atoms with Crippen molar-refractivity contribution in [1.29, 1.82) is 0 Å². The fraction of sp³-hybridized carbons (Fsp3) is 0.174. The lowest BCUT2D eigenvalue weighted by atomic mass is 10.0. The van der Waals surface area contributed by atoms with E-state index in [1.807, 2.05) is 0 Å². The summed E-state index contributed by atoms with van der Waals surface area (Å²) < 4.78 is 51.4. The second kappa shape index (κ2) is 11.4. The maximum absolute atomic E-state index is 14.0. The molecular weight excluding hydrogens is 446 g/mol. The van der Waals surface area contributed by atoms with Crippen LogP contribution in [0.3, 0.4) is 0 Å². The first-order valence-electron chi connectivity index (χ1n) is 9.14. The second-order valence-corrected chi connectivity index (χ2v) is 7.59. The van der Waals surface area contributed by atoms with Crippen LogP contribution >= 0.6 is 11.3 Å². The van der Waals surface area contributed by atoms with Gasteiger partial charge in [0.2, 0.25) is 11.6 Å². The Labute approximate surface area is 187 Å². The number of allylic oxidation sites excluding steroid dienone is 1. The van der Waals surface area contributed by atoms with Gasteiger partial charge in [0.05, 0.1) is 16.3 Å². The highest BCUT2D eigenvalue weighted by molar-refractivity contribution is 7.17. The molecule has 1 aromatic heterocycles. The van der Waals surface area contributed by atoms with Gasteiger partial charge in [0.15, 0.2) is 17.4 Å². The molecule has 0 saturated carbocycles. The SMILES string of the molecule is C=C(C)F.CN.Cc1cc(-c2ccc(C(=O)c3cc(F)c(F)c(O)c3F)s2)cc(C)c1O. The molecule has 9 heteroatoms. The van der Waals surface area contributed by atoms with E-state index in [0.717, 1.165) is 16.9 Å². The van der Waals surface area contributed by atoms with Crippen LogP contribution in [0.4, 0.5) is 17.6 Å². The smallest absolute Gasteiger partial charge is 0.206 e. The number of benzene rings is 2. The van der Waals surface area contributed by atoms with Crippen LogP contribution in [-0.4, -0.2) is 23.0 Å². The Hall–Kier alpha value is -3.17. The zero-order valence-corrected chi connectivity index (χ0v) is 18.7. The number of phenolic OH excluding ortho intramolecular Hbond substituents is 2. The summed E-state index contributed by atoms with van der Waals surface area (Å²) in [6.07, 6.45) is 0. The van der Waals surface area contributed by atoms with Crippen molar-refractivity contribution >= 4 is 17.1 Å². The van der Waals surface area contributed by atoms with Crippen molar-refractivity contribution in [1.82, 2.24) is 0 Å². The monoisotopic (exact) mass is 469 g/mol. The molecule has 0 unspecified atom stereocenters. The number of phenols is 2. The molecule has 0 atom stereocenters. The number of thiophene rings is 1. The maximum Gasteiger partial charge on any atom is 0.206 e. The van der Waals surface area contributed by atoms with Crippen molar-refractivity contribution in [3.63, 3.8) is 0 Å². The molecule has 0 saturated heterocycles. The zero-order valence-electron chi connectivity index (χ0n) is 17.9. The summed E-state index contributed by atoms with van der Waals surface area (Å²) in [6, 6.07) is 7.00. The number of carbonyl (C=O) groups excluding carboxylic acids is 1. The summed E-state index contributed by atoms with van der Waals surface area (Å²) in [6.45, 7) is 7.68. The summed E-state index contributed by atoms with van der Waals surface area (Å²) in [4.78, 5) is 13.2. The largest absolute Gasteiger partial charge is 0.507 e. The summed E-state index contributed by atoms with van der Waals surface area (Å²) >= 11 is 1.04. The molecule has 0 aliphatic rings. The van der Waals surface area contributed by atoms with Gasteiger partial charge in [0.1, 0.15) is 5.75 Å². The van der Waals surface area contributed by atoms with Crippen molar-refractivity contribution in [2.24, 2.45) is 5.73 Å². The van der Waals surface area contributed by atoms with Gasteiger partial charge >= 0.3 is 0 Å². The standard InChI is InChI=1S/C19H13F3O3S.C3H5F.CH5N/c1-8-5-10(6-9(2)17(8)23)13-3-4-14(26-13)18(24)11-7-12(20)16(22)19(25)15(11)21;1-3(2)4;1-2/h3-7,23,25H,1-2H3;1H2,2H3;2H2,1H3. The summed E-state index contributed by atoms with van der Waals surface area (Å²) in [5.74, 6) is -7.27. The van der Waals surface area contributed by atoms with Crippen LogP contribution in [0.15, 0.2) is 42.7 Å². The van der Waals surface area contributed by atoms with Crippen molar-refractivity contribution in [3.8, 4) is 21.9 Å². The topological polar surface area (TPSA) is 83.6 Å². The quantitative estimate of drug-likeness (QED) is 0.244. The Morgan fingerprint density at radius 3 is 1.97 bits per heavy atom. The van der Waals surface area contributed by atoms with Crippen molar-refractivity contribution in [3.05, 3.63) is 81.8 Å². The Morgan fingerprint density at radius 2 is 1.47 bits per heavy atom. The van der Waals surface area contributed by atoms with E-state index in [9.17, 15) is 32.6 Å². The second-order valence-electron chi connectivity index (χ2n) is 6.51. The van der Waals surface area contributed by atoms with Crippen LogP contribution in [-0.2, 0) is 0 Å². The summed E-state index contributed by atoms with van der Waals surface area (Å²) in [5.41, 5.74) is 5.85. The maximum atomic E-state index is 14.0. The minimum Gasteiger partial charge on any atom is -0.507 e. The van der Waals surface area contributed by atoms with E-state index in [2.05, 4.69) is 12.3 Å². The molecule has 0 aliphatic carbocycles. The normalized spacial score (nSPS) is 9.91. The van der Waals surface area contributed by atoms with Gasteiger partial charge in [-0.1, -0.05) is 6.58 Å². The van der Waals surface area contributed by atoms with Crippen LogP contribution in [0.25, 0.3) is 10.4 Å². The van der Waals surface area contributed by atoms with E-state index in [0.29, 0.717) is 22.1 Å². The number of ketones is 1. The molecule has 0 amide bonds. The van der Waals surface area contributed by atoms with Gasteiger partial charge in [-0.25, -0.2) is 13.2 Å². The molecule has 4 N–H and O–H groups in total. The van der Waals surface area contributed by atoms with Gasteiger partial charge in [0, 0.05) is 4.88 Å². The number of aromatic hydroxyl groups is 2. The molecule has 0 radical (unpaired) electrons. The lowest BCUT2D eigenvalue weighted by Gasteiger charge is -2.06. The highest BCUT2D eigenvalue weighted by Gasteiger charge is 2.24. The molecule has 0 spiro atoms. The lowest BCUT2D eigenvalue weighted by molar-refractivity contribution is 0.103. The molecule has 4 nitrogen and oxygen atoms in total. The number of carbonyl (C=O) groups is 1. The molecule has 0 bridgehead atoms. The minimum absolute atomic E-state index is 0.104. The van der Waals surface area contributed by atoms with Crippen molar-refractivity contribution < 1.29 is 32.6 Å². The fourth-order valence-corrected chi connectivity index (χ4v) is 3.55. The van der Waals surface area contributed by atoms with E-state index in [1.165, 1.54) is 20.0 Å². The Bertz CT molecular complexity index is 1120. The van der Waals surface area contributed by atoms with Gasteiger partial charge in [-0.15, -0.1) is 11.3 Å². The first kappa shape index (κ1) is 26.9. The average molecular weight is 470 g/mol. The van der Waals surface area contributed by atoms with Crippen molar-refractivity contribution in [2.75, 3.05) is 7.05 Å². The zero-order chi connectivity index (χ0) is 24.7. The highest BCUT2D eigenvalue weighted by Crippen LogP contribution is 2.35. The van der Waals surface area contributed by atoms with Gasteiger partial charge in [-0.2, -0.15) is 4.39 Å². The summed E-state index contributed by atoms with van der Waals surface area (Å²) in [7, 11) is 1.50. The molecule has 2 aromatic carbocycles. The highest BCUT2D eigenvalue weighted by atomic mass is 32.1. The van der Waals surface area contributed by atoms with Crippen LogP contribution in [0.5, 0.6) is 11.5 Å². The molecule has 1 heterocycles. The number of hydrogen-bond donors (Lipinski definition) is 3. The molecule has 0 fully saturated rings. The Balaban J connectivity index is 0.000000769. The van der Waals surface area contributed by atoms with E-state index in [-0.39, 0.29) is 16.5 Å². The first-order valence-corrected chi connectivity index (χ1v) is 9.96. The first-order chi connectivity index (χ1) is 14.9. The number of hydrogen-bond acceptors (Lipinski definition) is 5. The van der Waals surface area contributed by atoms with Gasteiger partial charge in [-0.05, 0) is 74.8 Å². The Morgan fingerprint density at radius 1 is 0.969 bits per heavy atom. The summed E-state index contributed by atoms with van der Waals surface area (Å²) in [5, 5.41) is 19.1. The van der Waals surface area contributed by atoms with E-state index in [4.69, 9.17) is 0 Å². The number of rotatable bonds is 3. The number of halogens is 4. The van der Waals surface area contributed by atoms with Crippen LogP contribution in [0.1, 0.15) is 33.3 Å². The van der Waals surface area contributed by atoms with E-state index in [1.54, 1.807) is 32.0 Å². The predicted molar refractivity (Wildman–Crippen MR) is 118 cm³/mol. The molecule has 32 heavy (non-hydrogen) atoms. The van der Waals surface area contributed by atoms with Crippen LogP contribution in [0, 0.1) is 31.3 Å². The third-order valence-electron chi connectivity index (χ3n) is 3.98. The van der Waals surface area contributed by atoms with Crippen molar-refractivity contribution in [2.45, 2.75) is 20.8 Å². The fourth-order valence-electron chi connectivity index (χ4n) is 2.60. The molecular formula is C23H23F4NO3S. The molecule has 3 rings (SSSR count). The average Bonchev–Trinajstić information content (AvgIpc) is 3.23. The van der Waals surface area contributed by atoms with Gasteiger partial charge in [0.25, 0.3) is 0 Å². The predicted octanol–water partition coefficient (Wildman–Crippen LogP) is 6.16. The van der Waals surface area contributed by atoms with Gasteiger partial charge < -0.3 is 15.9 Å². The minimum atomic E-state index is -1.74. The van der Waals surface area contributed by atoms with Crippen LogP contribution < -0.4 is 5.73 Å². The van der Waals surface area contributed by atoms with E-state index >= 15 is 0 Å². The third-order valence-corrected chi connectivity index (χ3v) is 5.12. The number of aryl methyl sites for hydroxylation is 2. The number of nitrogens with two attached hydrogens (primary N) is 1. The molecule has 0 aliphatic heterocycles. The third kappa shape index (κ3) is 6.18. The Kier molecular flexibility index (Phi) is 9.61. The van der Waals surface area contributed by atoms with E-state index < -0.39 is 34.5 Å². The van der Waals surface area contributed by atoms with Gasteiger partial charge in [-0.3, -0.25) is 4.79 Å². The lowest BCUT2D eigenvalue weighted by Crippen LogP contribution is -2.05. The molecule has 3 aromatic rings.